The van der Waals surface area contributed by atoms with Crippen molar-refractivity contribution in [3.05, 3.63) is 45.2 Å². The molecule has 0 aliphatic carbocycles. The number of nitrogens with one attached hydrogen (secondary N) is 1. The summed E-state index contributed by atoms with van der Waals surface area (Å²) in [5, 5.41) is 15.5. The SMILES string of the molecule is CCOC(=O)C1CCCN(c2ncnc(Nc3ccc(Cl)cc3C)c2[N+](=O)[O-])C1. The van der Waals surface area contributed by atoms with Crippen molar-refractivity contribution in [3.8, 4) is 0 Å². The number of piperidine rings is 1. The summed E-state index contributed by atoms with van der Waals surface area (Å²) in [6, 6.07) is 5.19. The van der Waals surface area contributed by atoms with Crippen LogP contribution in [0.4, 0.5) is 23.0 Å². The molecule has 29 heavy (non-hydrogen) atoms. The van der Waals surface area contributed by atoms with Crippen molar-refractivity contribution in [1.29, 1.82) is 0 Å². The molecule has 0 radical (unpaired) electrons. The van der Waals surface area contributed by atoms with Gasteiger partial charge in [0.25, 0.3) is 0 Å². The Labute approximate surface area is 173 Å². The molecule has 3 rings (SSSR count). The fourth-order valence-electron chi connectivity index (χ4n) is 3.38. The van der Waals surface area contributed by atoms with Crippen molar-refractivity contribution < 1.29 is 14.5 Å². The predicted molar refractivity (Wildman–Crippen MR) is 110 cm³/mol. The zero-order valence-electron chi connectivity index (χ0n) is 16.2. The van der Waals surface area contributed by atoms with Gasteiger partial charge in [0, 0.05) is 23.8 Å². The predicted octanol–water partition coefficient (Wildman–Crippen LogP) is 3.87. The fraction of sp³-hybridized carbons (Fsp3) is 0.421. The highest BCUT2D eigenvalue weighted by molar-refractivity contribution is 6.30. The summed E-state index contributed by atoms with van der Waals surface area (Å²) < 4.78 is 5.11. The molecule has 0 spiro atoms. The van der Waals surface area contributed by atoms with Crippen LogP contribution in [-0.2, 0) is 9.53 Å². The molecular weight excluding hydrogens is 398 g/mol. The Morgan fingerprint density at radius 2 is 2.24 bits per heavy atom. The van der Waals surface area contributed by atoms with Gasteiger partial charge in [-0.1, -0.05) is 11.6 Å². The quantitative estimate of drug-likeness (QED) is 0.426. The molecular formula is C19H22ClN5O4. The van der Waals surface area contributed by atoms with E-state index in [-0.39, 0.29) is 29.2 Å². The van der Waals surface area contributed by atoms with E-state index >= 15 is 0 Å². The van der Waals surface area contributed by atoms with E-state index < -0.39 is 4.92 Å². The normalized spacial score (nSPS) is 16.4. The molecule has 0 bridgehead atoms. The third-order valence-corrected chi connectivity index (χ3v) is 5.00. The summed E-state index contributed by atoms with van der Waals surface area (Å²) >= 11 is 5.98. The number of rotatable bonds is 6. The lowest BCUT2D eigenvalue weighted by Gasteiger charge is -2.32. The van der Waals surface area contributed by atoms with Gasteiger partial charge in [-0.2, -0.15) is 0 Å². The molecule has 1 aliphatic heterocycles. The van der Waals surface area contributed by atoms with Gasteiger partial charge in [0.05, 0.1) is 17.4 Å². The number of nitro groups is 1. The number of carbonyl (C=O) groups is 1. The first-order valence-corrected chi connectivity index (χ1v) is 9.72. The Balaban J connectivity index is 1.92. The molecule has 1 aromatic heterocycles. The van der Waals surface area contributed by atoms with Crippen LogP contribution in [0.15, 0.2) is 24.5 Å². The number of halogens is 1. The summed E-state index contributed by atoms with van der Waals surface area (Å²) in [7, 11) is 0. The molecule has 2 heterocycles. The second-order valence-electron chi connectivity index (χ2n) is 6.77. The molecule has 1 atom stereocenters. The maximum absolute atomic E-state index is 12.1. The van der Waals surface area contributed by atoms with Crippen molar-refractivity contribution >= 4 is 40.6 Å². The van der Waals surface area contributed by atoms with Crippen LogP contribution in [-0.4, -0.2) is 40.6 Å². The number of aryl methyl sites for hydroxylation is 1. The van der Waals surface area contributed by atoms with Gasteiger partial charge >= 0.3 is 11.7 Å². The molecule has 0 amide bonds. The van der Waals surface area contributed by atoms with Crippen molar-refractivity contribution in [2.45, 2.75) is 26.7 Å². The van der Waals surface area contributed by atoms with Crippen LogP contribution in [0, 0.1) is 23.0 Å². The minimum Gasteiger partial charge on any atom is -0.466 e. The van der Waals surface area contributed by atoms with Gasteiger partial charge in [0.15, 0.2) is 0 Å². The lowest BCUT2D eigenvalue weighted by Crippen LogP contribution is -2.40. The van der Waals surface area contributed by atoms with Crippen LogP contribution >= 0.6 is 11.6 Å². The first-order chi connectivity index (χ1) is 13.9. The van der Waals surface area contributed by atoms with E-state index in [0.717, 1.165) is 5.56 Å². The average Bonchev–Trinajstić information content (AvgIpc) is 2.70. The van der Waals surface area contributed by atoms with Crippen molar-refractivity contribution in [3.63, 3.8) is 0 Å². The van der Waals surface area contributed by atoms with Crippen LogP contribution in [0.3, 0.4) is 0 Å². The van der Waals surface area contributed by atoms with Gasteiger partial charge in [-0.15, -0.1) is 0 Å². The molecule has 1 aliphatic rings. The number of hydrogen-bond donors (Lipinski definition) is 1. The van der Waals surface area contributed by atoms with Gasteiger partial charge in [0.1, 0.15) is 6.33 Å². The Hall–Kier alpha value is -2.94. The van der Waals surface area contributed by atoms with Gasteiger partial charge in [-0.05, 0) is 50.5 Å². The largest absolute Gasteiger partial charge is 0.466 e. The molecule has 154 valence electrons. The van der Waals surface area contributed by atoms with Crippen LogP contribution in [0.1, 0.15) is 25.3 Å². The lowest BCUT2D eigenvalue weighted by atomic mass is 9.98. The molecule has 0 saturated carbocycles. The average molecular weight is 420 g/mol. The van der Waals surface area contributed by atoms with Crippen LogP contribution in [0.25, 0.3) is 0 Å². The zero-order chi connectivity index (χ0) is 21.0. The molecule has 1 saturated heterocycles. The topological polar surface area (TPSA) is 110 Å². The smallest absolute Gasteiger partial charge is 0.353 e. The van der Waals surface area contributed by atoms with Crippen LogP contribution in [0.2, 0.25) is 5.02 Å². The summed E-state index contributed by atoms with van der Waals surface area (Å²) in [5.74, 6) is -0.353. The van der Waals surface area contributed by atoms with Crippen molar-refractivity contribution in [1.82, 2.24) is 9.97 Å². The van der Waals surface area contributed by atoms with Crippen molar-refractivity contribution in [2.75, 3.05) is 29.9 Å². The lowest BCUT2D eigenvalue weighted by molar-refractivity contribution is -0.383. The number of aromatic nitrogens is 2. The summed E-state index contributed by atoms with van der Waals surface area (Å²) in [6.45, 7) is 4.78. The molecule has 1 fully saturated rings. The van der Waals surface area contributed by atoms with Crippen LogP contribution in [0.5, 0.6) is 0 Å². The number of benzene rings is 1. The maximum atomic E-state index is 12.1. The standard InChI is InChI=1S/C19H22ClN5O4/c1-3-29-19(26)13-5-4-8-24(10-13)18-16(25(27)28)17(21-11-22-18)23-15-7-6-14(20)9-12(15)2/h6-7,9,11,13H,3-5,8,10H2,1-2H3,(H,21,22,23). The molecule has 9 nitrogen and oxygen atoms in total. The van der Waals surface area contributed by atoms with Gasteiger partial charge in [-0.3, -0.25) is 14.9 Å². The Kier molecular flexibility index (Phi) is 6.48. The summed E-state index contributed by atoms with van der Waals surface area (Å²) in [6.07, 6.45) is 2.68. The second kappa shape index (κ2) is 9.04. The third kappa shape index (κ3) is 4.73. The van der Waals surface area contributed by atoms with Gasteiger partial charge < -0.3 is 15.0 Å². The Bertz CT molecular complexity index is 923. The Morgan fingerprint density at radius 1 is 1.45 bits per heavy atom. The number of esters is 1. The van der Waals surface area contributed by atoms with E-state index in [1.54, 1.807) is 30.0 Å². The number of ether oxygens (including phenoxy) is 1. The third-order valence-electron chi connectivity index (χ3n) is 4.77. The first-order valence-electron chi connectivity index (χ1n) is 9.34. The van der Waals surface area contributed by atoms with Gasteiger partial charge in [0.2, 0.25) is 11.6 Å². The highest BCUT2D eigenvalue weighted by Crippen LogP contribution is 2.36. The van der Waals surface area contributed by atoms with E-state index in [4.69, 9.17) is 16.3 Å². The number of hydrogen-bond acceptors (Lipinski definition) is 8. The van der Waals surface area contributed by atoms with E-state index in [1.807, 2.05) is 6.92 Å². The number of nitrogens with zero attached hydrogens (tertiary/aromatic N) is 4. The van der Waals surface area contributed by atoms with E-state index in [2.05, 4.69) is 15.3 Å². The van der Waals surface area contributed by atoms with E-state index in [1.165, 1.54) is 6.33 Å². The Morgan fingerprint density at radius 3 is 2.93 bits per heavy atom. The van der Waals surface area contributed by atoms with E-state index in [0.29, 0.717) is 43.2 Å². The van der Waals surface area contributed by atoms with Crippen molar-refractivity contribution in [2.24, 2.45) is 5.92 Å². The maximum Gasteiger partial charge on any atom is 0.353 e. The highest BCUT2D eigenvalue weighted by Gasteiger charge is 2.33. The van der Waals surface area contributed by atoms with Gasteiger partial charge in [-0.25, -0.2) is 9.97 Å². The summed E-state index contributed by atoms with van der Waals surface area (Å²) in [4.78, 5) is 33.5. The second-order valence-corrected chi connectivity index (χ2v) is 7.21. The molecule has 10 heteroatoms. The molecule has 1 N–H and O–H groups in total. The number of carbonyl (C=O) groups excluding carboxylic acids is 1. The minimum atomic E-state index is -0.503. The molecule has 2 aromatic rings. The first kappa shape index (κ1) is 20.8. The monoisotopic (exact) mass is 419 g/mol. The number of anilines is 3. The fourth-order valence-corrected chi connectivity index (χ4v) is 3.60. The zero-order valence-corrected chi connectivity index (χ0v) is 17.0. The molecule has 1 aromatic carbocycles. The highest BCUT2D eigenvalue weighted by atomic mass is 35.5. The minimum absolute atomic E-state index is 0.0867. The molecule has 1 unspecified atom stereocenters. The summed E-state index contributed by atoms with van der Waals surface area (Å²) in [5.41, 5.74) is 1.25. The van der Waals surface area contributed by atoms with E-state index in [9.17, 15) is 14.9 Å². The van der Waals surface area contributed by atoms with Crippen LogP contribution < -0.4 is 10.2 Å².